The number of nitrogens with zero attached hydrogens (tertiary/aromatic N) is 5. The SMILES string of the molecule is O=C(O)c1ccc(-c2ccccc2N2CCN(C(=O)Cn3ccc4cccnc43)CC2)cn1. The first-order chi connectivity index (χ1) is 16.1. The molecule has 1 fully saturated rings. The Balaban J connectivity index is 1.27. The Morgan fingerprint density at radius 3 is 2.48 bits per heavy atom. The van der Waals surface area contributed by atoms with Crippen molar-refractivity contribution in [2.75, 3.05) is 31.1 Å². The van der Waals surface area contributed by atoms with Crippen molar-refractivity contribution in [3.05, 3.63) is 78.9 Å². The lowest BCUT2D eigenvalue weighted by molar-refractivity contribution is -0.132. The molecular formula is C25H23N5O3. The lowest BCUT2D eigenvalue weighted by Gasteiger charge is -2.37. The number of hydrogen-bond donors (Lipinski definition) is 1. The van der Waals surface area contributed by atoms with Gasteiger partial charge in [0.15, 0.2) is 0 Å². The van der Waals surface area contributed by atoms with Crippen molar-refractivity contribution in [3.63, 3.8) is 0 Å². The Morgan fingerprint density at radius 1 is 0.909 bits per heavy atom. The summed E-state index contributed by atoms with van der Waals surface area (Å²) in [7, 11) is 0. The number of rotatable bonds is 5. The normalized spacial score (nSPS) is 13.9. The first-order valence-corrected chi connectivity index (χ1v) is 10.8. The fourth-order valence-corrected chi connectivity index (χ4v) is 4.26. The summed E-state index contributed by atoms with van der Waals surface area (Å²) < 4.78 is 1.90. The number of hydrogen-bond acceptors (Lipinski definition) is 5. The number of carbonyl (C=O) groups excluding carboxylic acids is 1. The molecule has 0 radical (unpaired) electrons. The molecule has 4 aromatic rings. The van der Waals surface area contributed by atoms with Crippen LogP contribution in [0.4, 0.5) is 5.69 Å². The maximum atomic E-state index is 12.9. The highest BCUT2D eigenvalue weighted by molar-refractivity contribution is 5.86. The number of aromatic carboxylic acids is 1. The van der Waals surface area contributed by atoms with E-state index >= 15 is 0 Å². The molecule has 3 aromatic heterocycles. The number of pyridine rings is 2. The van der Waals surface area contributed by atoms with Crippen molar-refractivity contribution in [2.45, 2.75) is 6.54 Å². The largest absolute Gasteiger partial charge is 0.477 e. The highest BCUT2D eigenvalue weighted by Crippen LogP contribution is 2.31. The number of carboxylic acids is 1. The number of carboxylic acid groups (broad SMARTS) is 1. The molecule has 1 aliphatic rings. The van der Waals surface area contributed by atoms with Crippen LogP contribution in [-0.2, 0) is 11.3 Å². The van der Waals surface area contributed by atoms with Gasteiger partial charge >= 0.3 is 5.97 Å². The Kier molecular flexibility index (Phi) is 5.48. The van der Waals surface area contributed by atoms with Crippen molar-refractivity contribution >= 4 is 28.6 Å². The minimum Gasteiger partial charge on any atom is -0.477 e. The van der Waals surface area contributed by atoms with Crippen molar-refractivity contribution in [3.8, 4) is 11.1 Å². The number of amides is 1. The predicted octanol–water partition coefficient (Wildman–Crippen LogP) is 3.15. The van der Waals surface area contributed by atoms with Crippen LogP contribution in [0.2, 0.25) is 0 Å². The number of fused-ring (bicyclic) bond motifs is 1. The lowest BCUT2D eigenvalue weighted by atomic mass is 10.0. The quantitative estimate of drug-likeness (QED) is 0.512. The molecule has 8 heteroatoms. The van der Waals surface area contributed by atoms with Gasteiger partial charge in [-0.1, -0.05) is 24.3 Å². The summed E-state index contributed by atoms with van der Waals surface area (Å²) in [5.74, 6) is -0.959. The smallest absolute Gasteiger partial charge is 0.354 e. The number of benzene rings is 1. The number of anilines is 1. The van der Waals surface area contributed by atoms with E-state index in [1.165, 1.54) is 6.07 Å². The van der Waals surface area contributed by atoms with Gasteiger partial charge in [-0.2, -0.15) is 0 Å². The molecule has 33 heavy (non-hydrogen) atoms. The van der Waals surface area contributed by atoms with Crippen LogP contribution >= 0.6 is 0 Å². The summed E-state index contributed by atoms with van der Waals surface area (Å²) in [5.41, 5.74) is 3.75. The number of aromatic nitrogens is 3. The molecule has 0 atom stereocenters. The second kappa shape index (κ2) is 8.74. The van der Waals surface area contributed by atoms with Crippen molar-refractivity contribution in [1.82, 2.24) is 19.4 Å². The maximum Gasteiger partial charge on any atom is 0.354 e. The Hall–Kier alpha value is -4.20. The maximum absolute atomic E-state index is 12.9. The van der Waals surface area contributed by atoms with Gasteiger partial charge in [-0.3, -0.25) is 4.79 Å². The standard InChI is InChI=1S/C25H23N5O3/c31-23(17-30-11-9-18-4-3-10-26-24(18)30)29-14-12-28(13-15-29)22-6-2-1-5-20(22)19-7-8-21(25(32)33)27-16-19/h1-11,16H,12-15,17H2,(H,32,33). The molecular weight excluding hydrogens is 418 g/mol. The van der Waals surface area contributed by atoms with E-state index in [0.29, 0.717) is 26.2 Å². The van der Waals surface area contributed by atoms with Gasteiger partial charge in [-0.25, -0.2) is 14.8 Å². The first-order valence-electron chi connectivity index (χ1n) is 10.8. The van der Waals surface area contributed by atoms with Crippen LogP contribution in [0.1, 0.15) is 10.5 Å². The second-order valence-electron chi connectivity index (χ2n) is 7.98. The fourth-order valence-electron chi connectivity index (χ4n) is 4.26. The van der Waals surface area contributed by atoms with Gasteiger partial charge in [-0.05, 0) is 30.3 Å². The highest BCUT2D eigenvalue weighted by Gasteiger charge is 2.23. The van der Waals surface area contributed by atoms with Crippen LogP contribution in [0.15, 0.2) is 73.2 Å². The summed E-state index contributed by atoms with van der Waals surface area (Å²) in [6, 6.07) is 17.2. The molecule has 8 nitrogen and oxygen atoms in total. The molecule has 4 heterocycles. The summed E-state index contributed by atoms with van der Waals surface area (Å²) in [6.07, 6.45) is 5.24. The van der Waals surface area contributed by atoms with Gasteiger partial charge in [0.1, 0.15) is 17.9 Å². The van der Waals surface area contributed by atoms with E-state index in [2.05, 4.69) is 20.9 Å². The highest BCUT2D eigenvalue weighted by atomic mass is 16.4. The summed E-state index contributed by atoms with van der Waals surface area (Å²) in [4.78, 5) is 36.6. The van der Waals surface area contributed by atoms with Gasteiger partial charge in [0.25, 0.3) is 0 Å². The van der Waals surface area contributed by atoms with Crippen LogP contribution in [0.3, 0.4) is 0 Å². The monoisotopic (exact) mass is 441 g/mol. The predicted molar refractivity (Wildman–Crippen MR) is 125 cm³/mol. The average Bonchev–Trinajstić information content (AvgIpc) is 3.27. The van der Waals surface area contributed by atoms with Crippen molar-refractivity contribution < 1.29 is 14.7 Å². The zero-order valence-corrected chi connectivity index (χ0v) is 18.0. The van der Waals surface area contributed by atoms with E-state index in [1.54, 1.807) is 18.5 Å². The Morgan fingerprint density at radius 2 is 1.73 bits per heavy atom. The molecule has 1 aliphatic heterocycles. The van der Waals surface area contributed by atoms with Crippen molar-refractivity contribution in [1.29, 1.82) is 0 Å². The molecule has 5 rings (SSSR count). The van der Waals surface area contributed by atoms with Crippen LogP contribution in [-0.4, -0.2) is 62.6 Å². The Labute approximate surface area is 190 Å². The third-order valence-electron chi connectivity index (χ3n) is 6.00. The summed E-state index contributed by atoms with van der Waals surface area (Å²) in [6.45, 7) is 2.98. The average molecular weight is 441 g/mol. The van der Waals surface area contributed by atoms with Gasteiger partial charge < -0.3 is 19.5 Å². The van der Waals surface area contributed by atoms with E-state index in [-0.39, 0.29) is 18.1 Å². The Bertz CT molecular complexity index is 1310. The molecule has 1 amide bonds. The lowest BCUT2D eigenvalue weighted by Crippen LogP contribution is -2.49. The van der Waals surface area contributed by atoms with Crippen LogP contribution in [0, 0.1) is 0 Å². The molecule has 166 valence electrons. The molecule has 1 saturated heterocycles. The first kappa shape index (κ1) is 20.7. The molecule has 1 N–H and O–H groups in total. The minimum atomic E-state index is -1.04. The van der Waals surface area contributed by atoms with Crippen LogP contribution in [0.5, 0.6) is 0 Å². The number of carbonyl (C=O) groups is 2. The van der Waals surface area contributed by atoms with Gasteiger partial charge in [-0.15, -0.1) is 0 Å². The van der Waals surface area contributed by atoms with Gasteiger partial charge in [0, 0.05) is 67.0 Å². The van der Waals surface area contributed by atoms with E-state index < -0.39 is 5.97 Å². The minimum absolute atomic E-state index is 0.0222. The number of piperazine rings is 1. The molecule has 0 unspecified atom stereocenters. The van der Waals surface area contributed by atoms with Gasteiger partial charge in [0.05, 0.1) is 0 Å². The summed E-state index contributed by atoms with van der Waals surface area (Å²) >= 11 is 0. The van der Waals surface area contributed by atoms with E-state index in [1.807, 2.05) is 52.1 Å². The fraction of sp³-hybridized carbons (Fsp3) is 0.200. The van der Waals surface area contributed by atoms with E-state index in [9.17, 15) is 9.59 Å². The molecule has 0 aliphatic carbocycles. The topological polar surface area (TPSA) is 91.6 Å². The third-order valence-corrected chi connectivity index (χ3v) is 6.00. The molecule has 0 saturated carbocycles. The van der Waals surface area contributed by atoms with E-state index in [0.717, 1.165) is 27.8 Å². The van der Waals surface area contributed by atoms with Crippen LogP contribution in [0.25, 0.3) is 22.2 Å². The molecule has 0 bridgehead atoms. The second-order valence-corrected chi connectivity index (χ2v) is 7.98. The third kappa shape index (κ3) is 4.15. The zero-order valence-electron chi connectivity index (χ0n) is 18.0. The number of para-hydroxylation sites is 1. The summed E-state index contributed by atoms with van der Waals surface area (Å²) in [5, 5.41) is 10.1. The zero-order chi connectivity index (χ0) is 22.8. The van der Waals surface area contributed by atoms with Crippen molar-refractivity contribution in [2.24, 2.45) is 0 Å². The van der Waals surface area contributed by atoms with Crippen LogP contribution < -0.4 is 4.90 Å². The van der Waals surface area contributed by atoms with Gasteiger partial charge in [0.2, 0.25) is 5.91 Å². The molecule has 1 aromatic carbocycles. The van der Waals surface area contributed by atoms with E-state index in [4.69, 9.17) is 5.11 Å². The molecule has 0 spiro atoms.